The summed E-state index contributed by atoms with van der Waals surface area (Å²) in [6.07, 6.45) is 6.47. The van der Waals surface area contributed by atoms with E-state index in [0.29, 0.717) is 11.3 Å². The molecule has 126 valence electrons. The average molecular weight is 325 g/mol. The molecular weight excluding hydrogens is 302 g/mol. The first-order chi connectivity index (χ1) is 11.6. The highest BCUT2D eigenvalue weighted by molar-refractivity contribution is 6.07. The van der Waals surface area contributed by atoms with E-state index in [1.54, 1.807) is 30.5 Å². The van der Waals surface area contributed by atoms with Crippen molar-refractivity contribution in [2.24, 2.45) is 0 Å². The Kier molecular flexibility index (Phi) is 4.99. The number of anilines is 2. The number of pyridine rings is 1. The second-order valence-electron chi connectivity index (χ2n) is 6.23. The smallest absolute Gasteiger partial charge is 0.259 e. The van der Waals surface area contributed by atoms with Crippen molar-refractivity contribution >= 4 is 17.4 Å². The third-order valence-electron chi connectivity index (χ3n) is 4.40. The lowest BCUT2D eigenvalue weighted by Crippen LogP contribution is -2.28. The predicted molar refractivity (Wildman–Crippen MR) is 95.7 cm³/mol. The molecule has 5 heteroatoms. The zero-order valence-electron chi connectivity index (χ0n) is 14.0. The molecule has 0 saturated carbocycles. The van der Waals surface area contributed by atoms with E-state index in [1.165, 1.54) is 12.8 Å². The molecule has 5 nitrogen and oxygen atoms in total. The Morgan fingerprint density at radius 1 is 1.17 bits per heavy atom. The Labute approximate surface area is 142 Å². The number of aromatic nitrogens is 1. The van der Waals surface area contributed by atoms with Crippen molar-refractivity contribution in [1.29, 1.82) is 0 Å². The average Bonchev–Trinajstić information content (AvgIpc) is 2.86. The fourth-order valence-electron chi connectivity index (χ4n) is 3.09. The summed E-state index contributed by atoms with van der Waals surface area (Å²) in [5, 5.41) is 12.4. The molecule has 1 aromatic carbocycles. The van der Waals surface area contributed by atoms with E-state index in [4.69, 9.17) is 0 Å². The van der Waals surface area contributed by atoms with Gasteiger partial charge in [-0.25, -0.2) is 4.98 Å². The minimum absolute atomic E-state index is 0.170. The molecule has 1 aliphatic rings. The standard InChI is InChI=1S/C19H23N3O2/c1-14-13-15(23)8-9-17(14)21-19(24)16-7-6-10-20-18(16)22-11-4-2-3-5-12-22/h6-10,13,23H,2-5,11-12H2,1H3,(H,21,24). The number of phenols is 1. The Morgan fingerprint density at radius 2 is 1.92 bits per heavy atom. The van der Waals surface area contributed by atoms with Gasteiger partial charge >= 0.3 is 0 Å². The van der Waals surface area contributed by atoms with E-state index in [1.807, 2.05) is 13.0 Å². The summed E-state index contributed by atoms with van der Waals surface area (Å²) in [5.74, 6) is 0.779. The SMILES string of the molecule is Cc1cc(O)ccc1NC(=O)c1cccnc1N1CCCCCC1. The number of phenolic OH excluding ortho intramolecular Hbond substituents is 1. The van der Waals surface area contributed by atoms with Crippen molar-refractivity contribution in [2.75, 3.05) is 23.3 Å². The number of amides is 1. The van der Waals surface area contributed by atoms with Crippen LogP contribution in [0.4, 0.5) is 11.5 Å². The number of aryl methyl sites for hydroxylation is 1. The Morgan fingerprint density at radius 3 is 2.62 bits per heavy atom. The molecule has 1 aromatic heterocycles. The van der Waals surface area contributed by atoms with Gasteiger partial charge in [-0.2, -0.15) is 0 Å². The van der Waals surface area contributed by atoms with Gasteiger partial charge in [-0.1, -0.05) is 12.8 Å². The predicted octanol–water partition coefficient (Wildman–Crippen LogP) is 3.73. The van der Waals surface area contributed by atoms with E-state index in [-0.39, 0.29) is 11.7 Å². The molecule has 1 amide bonds. The summed E-state index contributed by atoms with van der Waals surface area (Å²) in [6, 6.07) is 8.53. The first-order valence-corrected chi connectivity index (χ1v) is 8.46. The maximum Gasteiger partial charge on any atom is 0.259 e. The number of aromatic hydroxyl groups is 1. The van der Waals surface area contributed by atoms with Crippen molar-refractivity contribution in [3.05, 3.63) is 47.7 Å². The van der Waals surface area contributed by atoms with E-state index in [0.717, 1.165) is 37.3 Å². The lowest BCUT2D eigenvalue weighted by atomic mass is 10.1. The number of nitrogens with zero attached hydrogens (tertiary/aromatic N) is 2. The molecule has 2 heterocycles. The van der Waals surface area contributed by atoms with Gasteiger partial charge < -0.3 is 15.3 Å². The molecule has 1 saturated heterocycles. The van der Waals surface area contributed by atoms with Crippen LogP contribution in [0.25, 0.3) is 0 Å². The molecule has 24 heavy (non-hydrogen) atoms. The van der Waals surface area contributed by atoms with Crippen LogP contribution in [-0.4, -0.2) is 29.1 Å². The molecule has 0 atom stereocenters. The zero-order valence-corrected chi connectivity index (χ0v) is 14.0. The lowest BCUT2D eigenvalue weighted by molar-refractivity contribution is 0.102. The Hall–Kier alpha value is -2.56. The third kappa shape index (κ3) is 3.67. The Balaban J connectivity index is 1.84. The molecule has 0 aliphatic carbocycles. The van der Waals surface area contributed by atoms with E-state index in [2.05, 4.69) is 15.2 Å². The largest absolute Gasteiger partial charge is 0.508 e. The van der Waals surface area contributed by atoms with Gasteiger partial charge in [0.25, 0.3) is 5.91 Å². The molecule has 1 fully saturated rings. The van der Waals surface area contributed by atoms with Crippen LogP contribution in [0.3, 0.4) is 0 Å². The van der Waals surface area contributed by atoms with Crippen molar-refractivity contribution < 1.29 is 9.90 Å². The van der Waals surface area contributed by atoms with Gasteiger partial charge in [-0.15, -0.1) is 0 Å². The summed E-state index contributed by atoms with van der Waals surface area (Å²) >= 11 is 0. The zero-order chi connectivity index (χ0) is 16.9. The number of rotatable bonds is 3. The normalized spacial score (nSPS) is 15.0. The molecule has 3 rings (SSSR count). The van der Waals surface area contributed by atoms with Gasteiger partial charge in [0.1, 0.15) is 11.6 Å². The number of carbonyl (C=O) groups excluding carboxylic acids is 1. The molecule has 0 radical (unpaired) electrons. The highest BCUT2D eigenvalue weighted by atomic mass is 16.3. The fraction of sp³-hybridized carbons (Fsp3) is 0.368. The van der Waals surface area contributed by atoms with Crippen molar-refractivity contribution in [3.63, 3.8) is 0 Å². The van der Waals surface area contributed by atoms with Crippen LogP contribution in [0.15, 0.2) is 36.5 Å². The number of hydrogen-bond donors (Lipinski definition) is 2. The highest BCUT2D eigenvalue weighted by Crippen LogP contribution is 2.24. The van der Waals surface area contributed by atoms with Gasteiger partial charge in [0.2, 0.25) is 0 Å². The summed E-state index contributed by atoms with van der Waals surface area (Å²) < 4.78 is 0. The summed E-state index contributed by atoms with van der Waals surface area (Å²) in [7, 11) is 0. The Bertz CT molecular complexity index is 722. The van der Waals surface area contributed by atoms with Gasteiger partial charge in [0.15, 0.2) is 0 Å². The van der Waals surface area contributed by atoms with Crippen molar-refractivity contribution in [2.45, 2.75) is 32.6 Å². The van der Waals surface area contributed by atoms with Crippen LogP contribution >= 0.6 is 0 Å². The number of carbonyl (C=O) groups is 1. The summed E-state index contributed by atoms with van der Waals surface area (Å²) in [4.78, 5) is 19.4. The topological polar surface area (TPSA) is 65.5 Å². The quantitative estimate of drug-likeness (QED) is 0.844. The van der Waals surface area contributed by atoms with Crippen molar-refractivity contribution in [3.8, 4) is 5.75 Å². The molecule has 2 N–H and O–H groups in total. The van der Waals surface area contributed by atoms with Crippen LogP contribution < -0.4 is 10.2 Å². The monoisotopic (exact) mass is 325 g/mol. The maximum atomic E-state index is 12.8. The first-order valence-electron chi connectivity index (χ1n) is 8.46. The van der Waals surface area contributed by atoms with Crippen LogP contribution in [0.1, 0.15) is 41.6 Å². The van der Waals surface area contributed by atoms with E-state index < -0.39 is 0 Å². The second kappa shape index (κ2) is 7.34. The van der Waals surface area contributed by atoms with Crippen molar-refractivity contribution in [1.82, 2.24) is 4.98 Å². The minimum atomic E-state index is -0.170. The highest BCUT2D eigenvalue weighted by Gasteiger charge is 2.19. The third-order valence-corrected chi connectivity index (χ3v) is 4.40. The maximum absolute atomic E-state index is 12.8. The van der Waals surface area contributed by atoms with Crippen LogP contribution in [0, 0.1) is 6.92 Å². The first kappa shape index (κ1) is 16.3. The van der Waals surface area contributed by atoms with Gasteiger partial charge in [-0.3, -0.25) is 4.79 Å². The number of nitrogens with one attached hydrogen (secondary N) is 1. The molecule has 0 bridgehead atoms. The molecule has 0 spiro atoms. The van der Waals surface area contributed by atoms with Crippen LogP contribution in [0.5, 0.6) is 5.75 Å². The molecule has 1 aliphatic heterocycles. The van der Waals surface area contributed by atoms with E-state index in [9.17, 15) is 9.90 Å². The van der Waals surface area contributed by atoms with Gasteiger partial charge in [0, 0.05) is 25.0 Å². The van der Waals surface area contributed by atoms with Crippen LogP contribution in [0.2, 0.25) is 0 Å². The molecule has 0 unspecified atom stereocenters. The number of hydrogen-bond acceptors (Lipinski definition) is 4. The van der Waals surface area contributed by atoms with E-state index >= 15 is 0 Å². The van der Waals surface area contributed by atoms with Crippen LogP contribution in [-0.2, 0) is 0 Å². The molecule has 2 aromatic rings. The lowest BCUT2D eigenvalue weighted by Gasteiger charge is -2.23. The fourth-order valence-corrected chi connectivity index (χ4v) is 3.09. The summed E-state index contributed by atoms with van der Waals surface area (Å²) in [5.41, 5.74) is 2.11. The molecular formula is C19H23N3O2. The second-order valence-corrected chi connectivity index (χ2v) is 6.23. The minimum Gasteiger partial charge on any atom is -0.508 e. The number of benzene rings is 1. The van der Waals surface area contributed by atoms with Gasteiger partial charge in [0.05, 0.1) is 5.56 Å². The van der Waals surface area contributed by atoms with Gasteiger partial charge in [-0.05, 0) is 55.7 Å². The summed E-state index contributed by atoms with van der Waals surface area (Å²) in [6.45, 7) is 3.74.